The lowest BCUT2D eigenvalue weighted by Crippen LogP contribution is -2.50. The largest absolute Gasteiger partial charge is 0.377 e. The van der Waals surface area contributed by atoms with E-state index in [0.29, 0.717) is 6.04 Å². The summed E-state index contributed by atoms with van der Waals surface area (Å²) in [5.41, 5.74) is 1.66. The zero-order chi connectivity index (χ0) is 19.6. The molecule has 0 aliphatic carbocycles. The highest BCUT2D eigenvalue weighted by Gasteiger charge is 2.31. The van der Waals surface area contributed by atoms with E-state index in [1.807, 2.05) is 13.8 Å². The molecule has 0 bridgehead atoms. The molecule has 0 aromatic carbocycles. The van der Waals surface area contributed by atoms with Crippen LogP contribution in [0, 0.1) is 13.8 Å². The molecule has 2 heterocycles. The standard InChI is InChI=1S/C19H33N5O2/c1-12-13(2)20-16(18(25)23(6)7)22-17(12)24-10-9-15(11-24)21-14(3)19(4,5)26-8/h14-15,21H,9-11H2,1-8H3/t14?,15-/m1/s1. The Morgan fingerprint density at radius 2 is 2.00 bits per heavy atom. The van der Waals surface area contributed by atoms with E-state index >= 15 is 0 Å². The summed E-state index contributed by atoms with van der Waals surface area (Å²) >= 11 is 0. The van der Waals surface area contributed by atoms with Crippen LogP contribution in [0.15, 0.2) is 0 Å². The molecule has 0 radical (unpaired) electrons. The number of methoxy groups -OCH3 is 1. The Labute approximate surface area is 157 Å². The van der Waals surface area contributed by atoms with Crippen molar-refractivity contribution in [1.82, 2.24) is 20.2 Å². The zero-order valence-electron chi connectivity index (χ0n) is 17.4. The van der Waals surface area contributed by atoms with Gasteiger partial charge < -0.3 is 19.9 Å². The second-order valence-corrected chi connectivity index (χ2v) is 7.91. The van der Waals surface area contributed by atoms with Crippen LogP contribution in [0.3, 0.4) is 0 Å². The summed E-state index contributed by atoms with van der Waals surface area (Å²) < 4.78 is 5.58. The Kier molecular flexibility index (Phi) is 6.24. The van der Waals surface area contributed by atoms with Crippen LogP contribution in [-0.4, -0.2) is 72.8 Å². The highest BCUT2D eigenvalue weighted by molar-refractivity contribution is 5.90. The number of ether oxygens (including phenoxy) is 1. The Hall–Kier alpha value is -1.73. The van der Waals surface area contributed by atoms with Crippen molar-refractivity contribution in [3.8, 4) is 0 Å². The van der Waals surface area contributed by atoms with Gasteiger partial charge in [-0.05, 0) is 41.0 Å². The van der Waals surface area contributed by atoms with E-state index in [-0.39, 0.29) is 23.4 Å². The third kappa shape index (κ3) is 4.32. The zero-order valence-corrected chi connectivity index (χ0v) is 17.4. The summed E-state index contributed by atoms with van der Waals surface area (Å²) in [6.07, 6.45) is 1.03. The van der Waals surface area contributed by atoms with Gasteiger partial charge >= 0.3 is 0 Å². The van der Waals surface area contributed by atoms with Gasteiger partial charge in [0.15, 0.2) is 0 Å². The monoisotopic (exact) mass is 363 g/mol. The smallest absolute Gasteiger partial charge is 0.291 e. The lowest BCUT2D eigenvalue weighted by molar-refractivity contribution is -0.00746. The van der Waals surface area contributed by atoms with Crippen LogP contribution in [0.2, 0.25) is 0 Å². The van der Waals surface area contributed by atoms with Gasteiger partial charge in [-0.3, -0.25) is 4.79 Å². The van der Waals surface area contributed by atoms with Gasteiger partial charge in [-0.1, -0.05) is 0 Å². The van der Waals surface area contributed by atoms with E-state index in [1.165, 1.54) is 4.90 Å². The fourth-order valence-electron chi connectivity index (χ4n) is 3.04. The lowest BCUT2D eigenvalue weighted by atomic mass is 9.99. The van der Waals surface area contributed by atoms with Gasteiger partial charge in [-0.15, -0.1) is 0 Å². The summed E-state index contributed by atoms with van der Waals surface area (Å²) in [5.74, 6) is 0.961. The number of aryl methyl sites for hydroxylation is 1. The molecular weight excluding hydrogens is 330 g/mol. The quantitative estimate of drug-likeness (QED) is 0.831. The van der Waals surface area contributed by atoms with Crippen molar-refractivity contribution in [3.63, 3.8) is 0 Å². The molecule has 1 aromatic heterocycles. The SMILES string of the molecule is COC(C)(C)C(C)N[C@@H]1CCN(c2nc(C(=O)N(C)C)nc(C)c2C)C1. The van der Waals surface area contributed by atoms with E-state index in [2.05, 4.69) is 41.0 Å². The fraction of sp³-hybridized carbons (Fsp3) is 0.737. The molecule has 146 valence electrons. The number of hydrogen-bond donors (Lipinski definition) is 1. The Morgan fingerprint density at radius 3 is 2.58 bits per heavy atom. The third-order valence-corrected chi connectivity index (χ3v) is 5.50. The highest BCUT2D eigenvalue weighted by atomic mass is 16.5. The summed E-state index contributed by atoms with van der Waals surface area (Å²) in [4.78, 5) is 25.0. The van der Waals surface area contributed by atoms with E-state index in [9.17, 15) is 4.79 Å². The molecule has 0 saturated carbocycles. The van der Waals surface area contributed by atoms with Crippen LogP contribution in [-0.2, 0) is 4.74 Å². The minimum Gasteiger partial charge on any atom is -0.377 e. The summed E-state index contributed by atoms with van der Waals surface area (Å²) in [5, 5.41) is 3.67. The summed E-state index contributed by atoms with van der Waals surface area (Å²) in [6, 6.07) is 0.596. The molecule has 2 atom stereocenters. The molecule has 7 heteroatoms. The number of aromatic nitrogens is 2. The Morgan fingerprint density at radius 1 is 1.35 bits per heavy atom. The Balaban J connectivity index is 2.16. The molecule has 26 heavy (non-hydrogen) atoms. The van der Waals surface area contributed by atoms with Crippen LogP contribution in [0.4, 0.5) is 5.82 Å². The second-order valence-electron chi connectivity index (χ2n) is 7.91. The van der Waals surface area contributed by atoms with E-state index in [4.69, 9.17) is 4.74 Å². The number of anilines is 1. The molecule has 2 rings (SSSR count). The third-order valence-electron chi connectivity index (χ3n) is 5.50. The van der Waals surface area contributed by atoms with Gasteiger partial charge in [-0.2, -0.15) is 0 Å². The lowest BCUT2D eigenvalue weighted by Gasteiger charge is -2.33. The summed E-state index contributed by atoms with van der Waals surface area (Å²) in [7, 11) is 5.18. The number of hydrogen-bond acceptors (Lipinski definition) is 6. The van der Waals surface area contributed by atoms with E-state index < -0.39 is 0 Å². The molecule has 1 saturated heterocycles. The van der Waals surface area contributed by atoms with Crippen molar-refractivity contribution < 1.29 is 9.53 Å². The second kappa shape index (κ2) is 7.88. The number of nitrogens with one attached hydrogen (secondary N) is 1. The van der Waals surface area contributed by atoms with Crippen molar-refractivity contribution in [2.45, 2.75) is 58.7 Å². The molecule has 1 aromatic rings. The van der Waals surface area contributed by atoms with Gasteiger partial charge in [0, 0.05) is 57.6 Å². The normalized spacial score (nSPS) is 18.9. The highest BCUT2D eigenvalue weighted by Crippen LogP contribution is 2.25. The first-order chi connectivity index (χ1) is 12.1. The molecule has 1 aliphatic rings. The van der Waals surface area contributed by atoms with E-state index in [0.717, 1.165) is 36.6 Å². The van der Waals surface area contributed by atoms with Crippen LogP contribution in [0.25, 0.3) is 0 Å². The predicted molar refractivity (Wildman–Crippen MR) is 104 cm³/mol. The van der Waals surface area contributed by atoms with Gasteiger partial charge in [-0.25, -0.2) is 9.97 Å². The van der Waals surface area contributed by atoms with Gasteiger partial charge in [0.1, 0.15) is 5.82 Å². The maximum atomic E-state index is 12.3. The number of nitrogens with zero attached hydrogens (tertiary/aromatic N) is 4. The molecule has 1 aliphatic heterocycles. The fourth-order valence-corrected chi connectivity index (χ4v) is 3.04. The van der Waals surface area contributed by atoms with Crippen LogP contribution < -0.4 is 10.2 Å². The topological polar surface area (TPSA) is 70.6 Å². The number of amides is 1. The Bertz CT molecular complexity index is 660. The number of carbonyl (C=O) groups excluding carboxylic acids is 1. The molecular formula is C19H33N5O2. The molecule has 1 fully saturated rings. The maximum Gasteiger partial charge on any atom is 0.291 e. The van der Waals surface area contributed by atoms with Crippen molar-refractivity contribution in [1.29, 1.82) is 0 Å². The minimum atomic E-state index is -0.222. The van der Waals surface area contributed by atoms with Crippen molar-refractivity contribution in [2.75, 3.05) is 39.2 Å². The molecule has 1 N–H and O–H groups in total. The van der Waals surface area contributed by atoms with Crippen molar-refractivity contribution in [3.05, 3.63) is 17.1 Å². The predicted octanol–water partition coefficient (Wildman–Crippen LogP) is 1.78. The first-order valence-corrected chi connectivity index (χ1v) is 9.19. The van der Waals surface area contributed by atoms with Crippen LogP contribution in [0.1, 0.15) is 49.1 Å². The minimum absolute atomic E-state index is 0.168. The van der Waals surface area contributed by atoms with Crippen molar-refractivity contribution in [2.24, 2.45) is 0 Å². The molecule has 1 unspecified atom stereocenters. The molecule has 7 nitrogen and oxygen atoms in total. The van der Waals surface area contributed by atoms with Crippen LogP contribution in [0.5, 0.6) is 0 Å². The first kappa shape index (κ1) is 20.6. The van der Waals surface area contributed by atoms with Gasteiger partial charge in [0.25, 0.3) is 5.91 Å². The number of carbonyl (C=O) groups is 1. The summed E-state index contributed by atoms with van der Waals surface area (Å²) in [6.45, 7) is 12.1. The number of rotatable bonds is 6. The van der Waals surface area contributed by atoms with Crippen LogP contribution >= 0.6 is 0 Å². The van der Waals surface area contributed by atoms with Gasteiger partial charge in [0.05, 0.1) is 5.60 Å². The van der Waals surface area contributed by atoms with Gasteiger partial charge in [0.2, 0.25) is 5.82 Å². The van der Waals surface area contributed by atoms with Crippen molar-refractivity contribution >= 4 is 11.7 Å². The average Bonchev–Trinajstić information content (AvgIpc) is 3.04. The average molecular weight is 364 g/mol. The molecule has 1 amide bonds. The van der Waals surface area contributed by atoms with E-state index in [1.54, 1.807) is 21.2 Å². The first-order valence-electron chi connectivity index (χ1n) is 9.19. The maximum absolute atomic E-state index is 12.3. The molecule has 0 spiro atoms.